The molecule has 6 nitrogen and oxygen atoms in total. The number of rotatable bonds is 3. The molecular weight excluding hydrogens is 289 g/mol. The molecule has 0 aliphatic carbocycles. The van der Waals surface area contributed by atoms with Gasteiger partial charge in [0.25, 0.3) is 11.6 Å². The lowest BCUT2D eigenvalue weighted by atomic mass is 10.1. The van der Waals surface area contributed by atoms with Crippen LogP contribution in [-0.2, 0) is 0 Å². The van der Waals surface area contributed by atoms with E-state index in [1.165, 1.54) is 30.3 Å². The summed E-state index contributed by atoms with van der Waals surface area (Å²) in [5.74, 6) is 0.0993. The minimum absolute atomic E-state index is 0.0148. The van der Waals surface area contributed by atoms with Crippen LogP contribution in [-0.4, -0.2) is 15.1 Å². The Labute approximate surface area is 124 Å². The topological polar surface area (TPSA) is 82.1 Å². The zero-order chi connectivity index (χ0) is 15.7. The highest BCUT2D eigenvalue weighted by atomic mass is 19.1. The maximum Gasteiger partial charge on any atom is 0.273 e. The van der Waals surface area contributed by atoms with Crippen molar-refractivity contribution in [3.05, 3.63) is 64.0 Å². The number of aryl methyl sites for hydroxylation is 1. The lowest BCUT2D eigenvalue weighted by molar-refractivity contribution is -0.385. The second-order valence-electron chi connectivity index (χ2n) is 4.69. The summed E-state index contributed by atoms with van der Waals surface area (Å²) in [7, 11) is 0. The van der Waals surface area contributed by atoms with E-state index in [4.69, 9.17) is 4.52 Å². The van der Waals surface area contributed by atoms with Gasteiger partial charge in [-0.05, 0) is 37.3 Å². The molecule has 22 heavy (non-hydrogen) atoms. The van der Waals surface area contributed by atoms with Crippen LogP contribution < -0.4 is 0 Å². The minimum Gasteiger partial charge on any atom is -0.334 e. The summed E-state index contributed by atoms with van der Waals surface area (Å²) in [5.41, 5.74) is 1.59. The van der Waals surface area contributed by atoms with Crippen molar-refractivity contribution in [2.75, 3.05) is 0 Å². The molecule has 3 aromatic rings. The third-order valence-corrected chi connectivity index (χ3v) is 3.18. The van der Waals surface area contributed by atoms with Crippen LogP contribution in [0.1, 0.15) is 5.56 Å². The summed E-state index contributed by atoms with van der Waals surface area (Å²) in [4.78, 5) is 14.7. The molecule has 0 spiro atoms. The smallest absolute Gasteiger partial charge is 0.273 e. The zero-order valence-electron chi connectivity index (χ0n) is 11.5. The van der Waals surface area contributed by atoms with E-state index in [0.29, 0.717) is 22.5 Å². The fourth-order valence-electron chi connectivity index (χ4n) is 2.00. The van der Waals surface area contributed by atoms with Crippen molar-refractivity contribution < 1.29 is 13.8 Å². The number of benzene rings is 2. The third-order valence-electron chi connectivity index (χ3n) is 3.18. The minimum atomic E-state index is -0.462. The molecule has 0 saturated heterocycles. The molecule has 7 heteroatoms. The first-order chi connectivity index (χ1) is 10.5. The second kappa shape index (κ2) is 5.36. The predicted molar refractivity (Wildman–Crippen MR) is 76.5 cm³/mol. The first-order valence-corrected chi connectivity index (χ1v) is 6.39. The lowest BCUT2D eigenvalue weighted by Gasteiger charge is -1.98. The van der Waals surface area contributed by atoms with Gasteiger partial charge in [0, 0.05) is 22.8 Å². The van der Waals surface area contributed by atoms with Gasteiger partial charge in [0.05, 0.1) is 4.92 Å². The zero-order valence-corrected chi connectivity index (χ0v) is 11.5. The molecule has 0 saturated carbocycles. The van der Waals surface area contributed by atoms with Crippen LogP contribution in [0.25, 0.3) is 22.8 Å². The van der Waals surface area contributed by atoms with Crippen LogP contribution in [0.3, 0.4) is 0 Å². The van der Waals surface area contributed by atoms with Gasteiger partial charge in [0.15, 0.2) is 0 Å². The highest BCUT2D eigenvalue weighted by Gasteiger charge is 2.16. The van der Waals surface area contributed by atoms with Crippen molar-refractivity contribution >= 4 is 5.69 Å². The SMILES string of the molecule is Cc1ccc(-c2nc(-c3ccc(F)cc3)no2)cc1[N+](=O)[O-]. The van der Waals surface area contributed by atoms with Crippen LogP contribution in [0.2, 0.25) is 0 Å². The van der Waals surface area contributed by atoms with Crippen LogP contribution in [0.5, 0.6) is 0 Å². The predicted octanol–water partition coefficient (Wildman–Crippen LogP) is 3.76. The van der Waals surface area contributed by atoms with Gasteiger partial charge in [-0.2, -0.15) is 4.98 Å². The molecule has 3 rings (SSSR count). The Kier molecular flexibility index (Phi) is 3.38. The van der Waals surface area contributed by atoms with Gasteiger partial charge >= 0.3 is 0 Å². The van der Waals surface area contributed by atoms with Crippen molar-refractivity contribution in [3.8, 4) is 22.8 Å². The van der Waals surface area contributed by atoms with Crippen molar-refractivity contribution in [1.29, 1.82) is 0 Å². The molecule has 0 fully saturated rings. The second-order valence-corrected chi connectivity index (χ2v) is 4.69. The summed E-state index contributed by atoms with van der Waals surface area (Å²) in [6.45, 7) is 1.65. The average molecular weight is 299 g/mol. The monoisotopic (exact) mass is 299 g/mol. The highest BCUT2D eigenvalue weighted by molar-refractivity contribution is 5.63. The molecule has 0 radical (unpaired) electrons. The van der Waals surface area contributed by atoms with E-state index in [1.807, 2.05) is 0 Å². The number of halogens is 1. The van der Waals surface area contributed by atoms with Crippen LogP contribution >= 0.6 is 0 Å². The van der Waals surface area contributed by atoms with E-state index >= 15 is 0 Å². The Morgan fingerprint density at radius 3 is 2.50 bits per heavy atom. The number of nitrogens with zero attached hydrogens (tertiary/aromatic N) is 3. The molecule has 0 N–H and O–H groups in total. The molecule has 110 valence electrons. The molecule has 1 aromatic heterocycles. The van der Waals surface area contributed by atoms with Crippen molar-refractivity contribution in [1.82, 2.24) is 10.1 Å². The normalized spacial score (nSPS) is 10.6. The largest absolute Gasteiger partial charge is 0.334 e. The third kappa shape index (κ3) is 2.56. The van der Waals surface area contributed by atoms with E-state index in [9.17, 15) is 14.5 Å². The number of hydrogen-bond donors (Lipinski definition) is 0. The van der Waals surface area contributed by atoms with Gasteiger partial charge in [0.1, 0.15) is 5.82 Å². The average Bonchev–Trinajstić information content (AvgIpc) is 2.98. The molecule has 0 amide bonds. The van der Waals surface area contributed by atoms with E-state index in [2.05, 4.69) is 10.1 Å². The maximum absolute atomic E-state index is 12.9. The van der Waals surface area contributed by atoms with E-state index in [1.54, 1.807) is 19.1 Å². The summed E-state index contributed by atoms with van der Waals surface area (Å²) in [6, 6.07) is 10.3. The van der Waals surface area contributed by atoms with Gasteiger partial charge in [-0.15, -0.1) is 0 Å². The molecular formula is C15H10FN3O3. The maximum atomic E-state index is 12.9. The molecule has 0 bridgehead atoms. The van der Waals surface area contributed by atoms with Gasteiger partial charge in [-0.25, -0.2) is 4.39 Å². The first kappa shape index (κ1) is 13.9. The fourth-order valence-corrected chi connectivity index (χ4v) is 2.00. The lowest BCUT2D eigenvalue weighted by Crippen LogP contribution is -1.92. The number of hydrogen-bond acceptors (Lipinski definition) is 5. The Bertz CT molecular complexity index is 843. The van der Waals surface area contributed by atoms with Crippen LogP contribution in [0.4, 0.5) is 10.1 Å². The van der Waals surface area contributed by atoms with Gasteiger partial charge in [-0.1, -0.05) is 11.2 Å². The van der Waals surface area contributed by atoms with Gasteiger partial charge in [0.2, 0.25) is 5.82 Å². The molecule has 0 aliphatic heterocycles. The van der Waals surface area contributed by atoms with Crippen molar-refractivity contribution in [2.45, 2.75) is 6.92 Å². The summed E-state index contributed by atoms with van der Waals surface area (Å²) in [6.07, 6.45) is 0. The molecule has 2 aromatic carbocycles. The Morgan fingerprint density at radius 2 is 1.82 bits per heavy atom. The van der Waals surface area contributed by atoms with Gasteiger partial charge in [-0.3, -0.25) is 10.1 Å². The number of nitro benzene ring substituents is 1. The van der Waals surface area contributed by atoms with Crippen molar-refractivity contribution in [3.63, 3.8) is 0 Å². The molecule has 0 aliphatic rings. The summed E-state index contributed by atoms with van der Waals surface area (Å²) < 4.78 is 18.0. The Morgan fingerprint density at radius 1 is 1.14 bits per heavy atom. The Balaban J connectivity index is 1.99. The van der Waals surface area contributed by atoms with Gasteiger partial charge < -0.3 is 4.52 Å². The Hall–Kier alpha value is -3.09. The van der Waals surface area contributed by atoms with E-state index < -0.39 is 4.92 Å². The van der Waals surface area contributed by atoms with Crippen LogP contribution in [0.15, 0.2) is 47.0 Å². The number of nitro groups is 1. The highest BCUT2D eigenvalue weighted by Crippen LogP contribution is 2.27. The molecule has 0 unspecified atom stereocenters. The fraction of sp³-hybridized carbons (Fsp3) is 0.0667. The van der Waals surface area contributed by atoms with Crippen LogP contribution in [0, 0.1) is 22.9 Å². The first-order valence-electron chi connectivity index (χ1n) is 6.39. The summed E-state index contributed by atoms with van der Waals surface area (Å²) >= 11 is 0. The summed E-state index contributed by atoms with van der Waals surface area (Å²) in [5, 5.41) is 14.8. The molecule has 0 atom stereocenters. The standard InChI is InChI=1S/C15H10FN3O3/c1-9-2-3-11(8-13(9)19(20)21)15-17-14(18-22-15)10-4-6-12(16)7-5-10/h2-8H,1H3. The quantitative estimate of drug-likeness (QED) is 0.543. The molecule has 1 heterocycles. The van der Waals surface area contributed by atoms with E-state index in [0.717, 1.165) is 0 Å². The van der Waals surface area contributed by atoms with Crippen molar-refractivity contribution in [2.24, 2.45) is 0 Å². The van der Waals surface area contributed by atoms with E-state index in [-0.39, 0.29) is 17.4 Å². The number of aromatic nitrogens is 2.